The first-order valence-corrected chi connectivity index (χ1v) is 6.73. The molecule has 0 fully saturated rings. The van der Waals surface area contributed by atoms with Crippen molar-refractivity contribution < 1.29 is 9.13 Å². The van der Waals surface area contributed by atoms with Crippen LogP contribution in [0.2, 0.25) is 0 Å². The Morgan fingerprint density at radius 1 is 1.21 bits per heavy atom. The minimum Gasteiger partial charge on any atom is -0.497 e. The van der Waals surface area contributed by atoms with Gasteiger partial charge in [0, 0.05) is 22.1 Å². The molecule has 100 valence electrons. The number of hydrogen-bond acceptors (Lipinski definition) is 2. The molecule has 0 heterocycles. The second-order valence-corrected chi connectivity index (χ2v) is 5.24. The molecule has 2 rings (SSSR count). The predicted octanol–water partition coefficient (Wildman–Crippen LogP) is 3.84. The summed E-state index contributed by atoms with van der Waals surface area (Å²) in [5, 5.41) is 0. The lowest BCUT2D eigenvalue weighted by molar-refractivity contribution is 0.410. The van der Waals surface area contributed by atoms with Gasteiger partial charge in [-0.15, -0.1) is 0 Å². The highest BCUT2D eigenvalue weighted by atomic mass is 79.9. The average molecular weight is 324 g/mol. The summed E-state index contributed by atoms with van der Waals surface area (Å²) >= 11 is 3.38. The van der Waals surface area contributed by atoms with Gasteiger partial charge in [0.1, 0.15) is 11.6 Å². The van der Waals surface area contributed by atoms with Gasteiger partial charge >= 0.3 is 0 Å². The summed E-state index contributed by atoms with van der Waals surface area (Å²) in [7, 11) is 1.51. The minimum atomic E-state index is -0.368. The van der Waals surface area contributed by atoms with Gasteiger partial charge in [-0.05, 0) is 30.2 Å². The highest BCUT2D eigenvalue weighted by Gasteiger charge is 2.13. The smallest absolute Gasteiger partial charge is 0.131 e. The van der Waals surface area contributed by atoms with Crippen LogP contribution in [0.3, 0.4) is 0 Å². The van der Waals surface area contributed by atoms with Crippen LogP contribution in [0.15, 0.2) is 46.9 Å². The zero-order valence-corrected chi connectivity index (χ0v) is 12.2. The van der Waals surface area contributed by atoms with Crippen LogP contribution in [0.5, 0.6) is 5.75 Å². The first-order valence-electron chi connectivity index (χ1n) is 5.93. The zero-order chi connectivity index (χ0) is 13.8. The average Bonchev–Trinajstić information content (AvgIpc) is 2.41. The summed E-state index contributed by atoms with van der Waals surface area (Å²) in [6.07, 6.45) is 0.594. The van der Waals surface area contributed by atoms with Gasteiger partial charge in [-0.2, -0.15) is 0 Å². The van der Waals surface area contributed by atoms with E-state index in [4.69, 9.17) is 10.5 Å². The van der Waals surface area contributed by atoms with Crippen LogP contribution in [0.4, 0.5) is 4.39 Å². The van der Waals surface area contributed by atoms with Crippen LogP contribution in [-0.2, 0) is 6.42 Å². The molecule has 4 heteroatoms. The Bertz CT molecular complexity index is 557. The van der Waals surface area contributed by atoms with Crippen molar-refractivity contribution in [2.45, 2.75) is 12.5 Å². The molecule has 0 saturated carbocycles. The molecule has 1 atom stereocenters. The number of ether oxygens (including phenoxy) is 1. The van der Waals surface area contributed by atoms with Crippen molar-refractivity contribution in [2.75, 3.05) is 7.11 Å². The van der Waals surface area contributed by atoms with Gasteiger partial charge in [-0.25, -0.2) is 4.39 Å². The number of rotatable bonds is 4. The monoisotopic (exact) mass is 323 g/mol. The quantitative estimate of drug-likeness (QED) is 0.927. The fourth-order valence-corrected chi connectivity index (χ4v) is 2.18. The van der Waals surface area contributed by atoms with E-state index < -0.39 is 0 Å². The van der Waals surface area contributed by atoms with E-state index in [1.807, 2.05) is 24.3 Å². The molecule has 2 N–H and O–H groups in total. The van der Waals surface area contributed by atoms with Crippen molar-refractivity contribution in [3.63, 3.8) is 0 Å². The second kappa shape index (κ2) is 6.17. The van der Waals surface area contributed by atoms with E-state index in [1.165, 1.54) is 13.2 Å². The van der Waals surface area contributed by atoms with Gasteiger partial charge < -0.3 is 10.5 Å². The molecule has 0 aliphatic rings. The summed E-state index contributed by atoms with van der Waals surface area (Å²) < 4.78 is 19.9. The lowest BCUT2D eigenvalue weighted by atomic mass is 9.99. The molecule has 0 aromatic heterocycles. The van der Waals surface area contributed by atoms with Crippen LogP contribution in [-0.4, -0.2) is 7.11 Å². The van der Waals surface area contributed by atoms with Gasteiger partial charge in [0.25, 0.3) is 0 Å². The summed E-state index contributed by atoms with van der Waals surface area (Å²) in [6, 6.07) is 12.2. The molecule has 0 aliphatic heterocycles. The SMILES string of the molecule is COc1ccc(C(N)Cc2ccc(Br)cc2)c(F)c1. The topological polar surface area (TPSA) is 35.2 Å². The van der Waals surface area contributed by atoms with Crippen molar-refractivity contribution in [3.05, 3.63) is 63.9 Å². The van der Waals surface area contributed by atoms with Gasteiger partial charge in [-0.3, -0.25) is 0 Å². The third-order valence-corrected chi connectivity index (χ3v) is 3.50. The van der Waals surface area contributed by atoms with Crippen LogP contribution >= 0.6 is 15.9 Å². The maximum atomic E-state index is 13.9. The van der Waals surface area contributed by atoms with Gasteiger partial charge in [0.2, 0.25) is 0 Å². The number of halogens is 2. The Morgan fingerprint density at radius 2 is 1.89 bits per heavy atom. The van der Waals surface area contributed by atoms with E-state index in [0.29, 0.717) is 17.7 Å². The maximum absolute atomic E-state index is 13.9. The van der Waals surface area contributed by atoms with Gasteiger partial charge in [0.15, 0.2) is 0 Å². The van der Waals surface area contributed by atoms with Crippen molar-refractivity contribution in [1.29, 1.82) is 0 Å². The zero-order valence-electron chi connectivity index (χ0n) is 10.6. The normalized spacial score (nSPS) is 12.2. The fraction of sp³-hybridized carbons (Fsp3) is 0.200. The van der Waals surface area contributed by atoms with Crippen LogP contribution in [0.25, 0.3) is 0 Å². The molecular formula is C15H15BrFNO. The lowest BCUT2D eigenvalue weighted by Gasteiger charge is -2.14. The first-order chi connectivity index (χ1) is 9.10. The number of benzene rings is 2. The molecule has 0 spiro atoms. The molecule has 0 radical (unpaired) electrons. The molecule has 2 aromatic rings. The Kier molecular flexibility index (Phi) is 4.56. The van der Waals surface area contributed by atoms with Crippen LogP contribution < -0.4 is 10.5 Å². The minimum absolute atomic E-state index is 0.330. The van der Waals surface area contributed by atoms with E-state index in [-0.39, 0.29) is 11.9 Å². The summed E-state index contributed by atoms with van der Waals surface area (Å²) in [5.74, 6) is 0.168. The summed E-state index contributed by atoms with van der Waals surface area (Å²) in [5.41, 5.74) is 7.64. The molecule has 2 nitrogen and oxygen atoms in total. The summed E-state index contributed by atoms with van der Waals surface area (Å²) in [4.78, 5) is 0. The predicted molar refractivity (Wildman–Crippen MR) is 77.7 cm³/mol. The summed E-state index contributed by atoms with van der Waals surface area (Å²) in [6.45, 7) is 0. The lowest BCUT2D eigenvalue weighted by Crippen LogP contribution is -2.15. The first kappa shape index (κ1) is 14.0. The van der Waals surface area contributed by atoms with Crippen molar-refractivity contribution >= 4 is 15.9 Å². The molecule has 0 amide bonds. The second-order valence-electron chi connectivity index (χ2n) is 4.32. The Balaban J connectivity index is 2.15. The largest absolute Gasteiger partial charge is 0.497 e. The van der Waals surface area contributed by atoms with E-state index in [2.05, 4.69) is 15.9 Å². The number of nitrogens with two attached hydrogens (primary N) is 1. The van der Waals surface area contributed by atoms with Crippen LogP contribution in [0, 0.1) is 5.82 Å². The standard InChI is InChI=1S/C15H15BrFNO/c1-19-12-6-7-13(14(17)9-12)15(18)8-10-2-4-11(16)5-3-10/h2-7,9,15H,8,18H2,1H3. The van der Waals surface area contributed by atoms with E-state index in [0.717, 1.165) is 10.0 Å². The molecule has 2 aromatic carbocycles. The van der Waals surface area contributed by atoms with Gasteiger partial charge in [0.05, 0.1) is 7.11 Å². The van der Waals surface area contributed by atoms with Crippen molar-refractivity contribution in [3.8, 4) is 5.75 Å². The highest BCUT2D eigenvalue weighted by molar-refractivity contribution is 9.10. The number of methoxy groups -OCH3 is 1. The van der Waals surface area contributed by atoms with Gasteiger partial charge in [-0.1, -0.05) is 34.1 Å². The Morgan fingerprint density at radius 3 is 2.47 bits per heavy atom. The number of hydrogen-bond donors (Lipinski definition) is 1. The third-order valence-electron chi connectivity index (χ3n) is 2.98. The maximum Gasteiger partial charge on any atom is 0.131 e. The van der Waals surface area contributed by atoms with E-state index >= 15 is 0 Å². The molecule has 0 aliphatic carbocycles. The van der Waals surface area contributed by atoms with Crippen molar-refractivity contribution in [2.24, 2.45) is 5.73 Å². The molecule has 19 heavy (non-hydrogen) atoms. The molecular weight excluding hydrogens is 309 g/mol. The molecule has 1 unspecified atom stereocenters. The Hall–Kier alpha value is -1.39. The third kappa shape index (κ3) is 3.55. The fourth-order valence-electron chi connectivity index (χ4n) is 1.92. The highest BCUT2D eigenvalue weighted by Crippen LogP contribution is 2.23. The molecule has 0 saturated heterocycles. The Labute approximate surface area is 120 Å². The van der Waals surface area contributed by atoms with E-state index in [1.54, 1.807) is 12.1 Å². The molecule has 0 bridgehead atoms. The van der Waals surface area contributed by atoms with Crippen LogP contribution in [0.1, 0.15) is 17.2 Å². The van der Waals surface area contributed by atoms with Crippen molar-refractivity contribution in [1.82, 2.24) is 0 Å². The van der Waals surface area contributed by atoms with E-state index in [9.17, 15) is 4.39 Å².